The Bertz CT molecular complexity index is 295. The number of unbranched alkanes of at least 4 members (excludes halogenated alkanes) is 1. The van der Waals surface area contributed by atoms with Crippen LogP contribution in [0.1, 0.15) is 26.2 Å². The molecule has 1 aromatic carbocycles. The first-order valence-corrected chi connectivity index (χ1v) is 5.18. The predicted octanol–water partition coefficient (Wildman–Crippen LogP) is 2.71. The van der Waals surface area contributed by atoms with E-state index in [-0.39, 0.29) is 0 Å². The first kappa shape index (κ1) is 11.6. The molecule has 0 aliphatic carbocycles. The molecule has 0 saturated carbocycles. The number of carboxylic acid groups (broad SMARTS) is 1. The monoisotopic (exact) mass is 208 g/mol. The molecule has 1 N–H and O–H groups in total. The van der Waals surface area contributed by atoms with E-state index in [4.69, 9.17) is 9.84 Å². The van der Waals surface area contributed by atoms with E-state index in [1.54, 1.807) is 12.1 Å². The fraction of sp³-hybridized carbons (Fsp3) is 0.417. The second-order valence-corrected chi connectivity index (χ2v) is 3.40. The maximum atomic E-state index is 10.9. The lowest BCUT2D eigenvalue weighted by Crippen LogP contribution is -2.26. The highest BCUT2D eigenvalue weighted by molar-refractivity contribution is 5.72. The van der Waals surface area contributed by atoms with E-state index in [1.165, 1.54) is 0 Å². The van der Waals surface area contributed by atoms with Crippen LogP contribution in [-0.2, 0) is 4.79 Å². The molecule has 0 aliphatic rings. The van der Waals surface area contributed by atoms with Gasteiger partial charge in [0.1, 0.15) is 5.75 Å². The summed E-state index contributed by atoms with van der Waals surface area (Å²) in [6, 6.07) is 9.06. The van der Waals surface area contributed by atoms with Crippen LogP contribution < -0.4 is 4.74 Å². The minimum absolute atomic E-state index is 0.556. The summed E-state index contributed by atoms with van der Waals surface area (Å²) in [5.41, 5.74) is 0. The van der Waals surface area contributed by atoms with Crippen molar-refractivity contribution in [3.8, 4) is 5.75 Å². The summed E-state index contributed by atoms with van der Waals surface area (Å²) in [4.78, 5) is 10.9. The molecule has 0 amide bonds. The van der Waals surface area contributed by atoms with Crippen LogP contribution in [-0.4, -0.2) is 17.2 Å². The van der Waals surface area contributed by atoms with Gasteiger partial charge in [0.25, 0.3) is 0 Å². The highest BCUT2D eigenvalue weighted by Gasteiger charge is 2.18. The van der Waals surface area contributed by atoms with Crippen LogP contribution in [0, 0.1) is 0 Å². The van der Waals surface area contributed by atoms with Gasteiger partial charge >= 0.3 is 5.97 Å². The molecule has 0 unspecified atom stereocenters. The van der Waals surface area contributed by atoms with E-state index in [0.29, 0.717) is 12.2 Å². The minimum atomic E-state index is -0.896. The molecular weight excluding hydrogens is 192 g/mol. The van der Waals surface area contributed by atoms with Gasteiger partial charge in [-0.1, -0.05) is 31.5 Å². The van der Waals surface area contributed by atoms with Crippen LogP contribution in [0.25, 0.3) is 0 Å². The van der Waals surface area contributed by atoms with Gasteiger partial charge in [0.15, 0.2) is 6.10 Å². The molecule has 1 atom stereocenters. The summed E-state index contributed by atoms with van der Waals surface area (Å²) in [5.74, 6) is -0.284. The fourth-order valence-corrected chi connectivity index (χ4v) is 1.29. The van der Waals surface area contributed by atoms with Gasteiger partial charge in [0.2, 0.25) is 0 Å². The van der Waals surface area contributed by atoms with Crippen molar-refractivity contribution in [2.45, 2.75) is 32.3 Å². The van der Waals surface area contributed by atoms with Gasteiger partial charge in [-0.15, -0.1) is 0 Å². The van der Waals surface area contributed by atoms with Crippen LogP contribution >= 0.6 is 0 Å². The third-order valence-corrected chi connectivity index (χ3v) is 2.12. The summed E-state index contributed by atoms with van der Waals surface area (Å²) in [6.45, 7) is 2.03. The second-order valence-electron chi connectivity index (χ2n) is 3.40. The van der Waals surface area contributed by atoms with Crippen molar-refractivity contribution in [3.05, 3.63) is 30.3 Å². The SMILES string of the molecule is CCCC[C@H](Oc1ccccc1)C(=O)O. The quantitative estimate of drug-likeness (QED) is 0.781. The number of hydrogen-bond donors (Lipinski definition) is 1. The van der Waals surface area contributed by atoms with Gasteiger partial charge in [-0.05, 0) is 25.0 Å². The van der Waals surface area contributed by atoms with Crippen molar-refractivity contribution < 1.29 is 14.6 Å². The van der Waals surface area contributed by atoms with Gasteiger partial charge in [0.05, 0.1) is 0 Å². The molecule has 0 saturated heterocycles. The highest BCUT2D eigenvalue weighted by Crippen LogP contribution is 2.14. The summed E-state index contributed by atoms with van der Waals surface area (Å²) >= 11 is 0. The van der Waals surface area contributed by atoms with Gasteiger partial charge in [0, 0.05) is 0 Å². The van der Waals surface area contributed by atoms with Crippen LogP contribution in [0.3, 0.4) is 0 Å². The summed E-state index contributed by atoms with van der Waals surface area (Å²) in [6.07, 6.45) is 1.67. The van der Waals surface area contributed by atoms with Gasteiger partial charge in [-0.3, -0.25) is 0 Å². The average molecular weight is 208 g/mol. The Morgan fingerprint density at radius 2 is 2.07 bits per heavy atom. The van der Waals surface area contributed by atoms with Gasteiger partial charge in [-0.2, -0.15) is 0 Å². The Hall–Kier alpha value is -1.51. The predicted molar refractivity (Wildman–Crippen MR) is 58.0 cm³/mol. The second kappa shape index (κ2) is 6.06. The van der Waals surface area contributed by atoms with E-state index in [1.807, 2.05) is 25.1 Å². The summed E-state index contributed by atoms with van der Waals surface area (Å²) in [5, 5.41) is 8.94. The molecule has 0 aliphatic heterocycles. The average Bonchev–Trinajstić information content (AvgIpc) is 2.25. The Balaban J connectivity index is 2.55. The molecule has 15 heavy (non-hydrogen) atoms. The van der Waals surface area contributed by atoms with Crippen molar-refractivity contribution in [1.29, 1.82) is 0 Å². The Morgan fingerprint density at radius 1 is 1.40 bits per heavy atom. The van der Waals surface area contributed by atoms with E-state index >= 15 is 0 Å². The molecule has 0 bridgehead atoms. The lowest BCUT2D eigenvalue weighted by Gasteiger charge is -2.14. The molecule has 1 aromatic rings. The molecular formula is C12H16O3. The largest absolute Gasteiger partial charge is 0.479 e. The molecule has 0 spiro atoms. The van der Waals surface area contributed by atoms with Crippen molar-refractivity contribution >= 4 is 5.97 Å². The summed E-state index contributed by atoms with van der Waals surface area (Å²) in [7, 11) is 0. The lowest BCUT2D eigenvalue weighted by atomic mass is 10.1. The zero-order valence-electron chi connectivity index (χ0n) is 8.85. The Labute approximate surface area is 89.7 Å². The number of aliphatic carboxylic acids is 1. The molecule has 0 aromatic heterocycles. The molecule has 1 rings (SSSR count). The zero-order valence-corrected chi connectivity index (χ0v) is 8.85. The smallest absolute Gasteiger partial charge is 0.344 e. The minimum Gasteiger partial charge on any atom is -0.479 e. The van der Waals surface area contributed by atoms with Crippen molar-refractivity contribution in [1.82, 2.24) is 0 Å². The first-order chi connectivity index (χ1) is 7.24. The normalized spacial score (nSPS) is 12.1. The van der Waals surface area contributed by atoms with E-state index in [0.717, 1.165) is 12.8 Å². The van der Waals surface area contributed by atoms with Crippen LogP contribution in [0.15, 0.2) is 30.3 Å². The molecule has 0 fully saturated rings. The number of benzene rings is 1. The van der Waals surface area contributed by atoms with Crippen molar-refractivity contribution in [3.63, 3.8) is 0 Å². The standard InChI is InChI=1S/C12H16O3/c1-2-3-9-11(12(13)14)15-10-7-5-4-6-8-10/h4-8,11H,2-3,9H2,1H3,(H,13,14)/t11-/m0/s1. The third kappa shape index (κ3) is 4.02. The Kier molecular flexibility index (Phi) is 4.68. The number of hydrogen-bond acceptors (Lipinski definition) is 2. The van der Waals surface area contributed by atoms with E-state index < -0.39 is 12.1 Å². The Morgan fingerprint density at radius 3 is 2.60 bits per heavy atom. The highest BCUT2D eigenvalue weighted by atomic mass is 16.5. The zero-order chi connectivity index (χ0) is 11.1. The first-order valence-electron chi connectivity index (χ1n) is 5.18. The van der Waals surface area contributed by atoms with Crippen molar-refractivity contribution in [2.24, 2.45) is 0 Å². The van der Waals surface area contributed by atoms with Crippen molar-refractivity contribution in [2.75, 3.05) is 0 Å². The van der Waals surface area contributed by atoms with E-state index in [9.17, 15) is 4.79 Å². The lowest BCUT2D eigenvalue weighted by molar-refractivity contribution is -0.145. The number of carbonyl (C=O) groups is 1. The number of para-hydroxylation sites is 1. The molecule has 0 heterocycles. The fourth-order valence-electron chi connectivity index (χ4n) is 1.29. The van der Waals surface area contributed by atoms with Crippen LogP contribution in [0.2, 0.25) is 0 Å². The molecule has 3 heteroatoms. The molecule has 82 valence electrons. The molecule has 3 nitrogen and oxygen atoms in total. The van der Waals surface area contributed by atoms with Gasteiger partial charge in [-0.25, -0.2) is 4.79 Å². The number of carboxylic acids is 1. The topological polar surface area (TPSA) is 46.5 Å². The number of ether oxygens (including phenoxy) is 1. The number of rotatable bonds is 6. The van der Waals surface area contributed by atoms with E-state index in [2.05, 4.69) is 0 Å². The summed E-state index contributed by atoms with van der Waals surface area (Å²) < 4.78 is 5.38. The van der Waals surface area contributed by atoms with Crippen LogP contribution in [0.5, 0.6) is 5.75 Å². The molecule has 0 radical (unpaired) electrons. The van der Waals surface area contributed by atoms with Crippen LogP contribution in [0.4, 0.5) is 0 Å². The maximum Gasteiger partial charge on any atom is 0.344 e. The maximum absolute atomic E-state index is 10.9. The van der Waals surface area contributed by atoms with Gasteiger partial charge < -0.3 is 9.84 Å². The third-order valence-electron chi connectivity index (χ3n) is 2.12.